The molecule has 0 aliphatic carbocycles. The monoisotopic (exact) mass is 399 g/mol. The summed E-state index contributed by atoms with van der Waals surface area (Å²) in [6.07, 6.45) is 0. The molecule has 4 aromatic rings. The van der Waals surface area contributed by atoms with E-state index >= 15 is 0 Å². The Labute approximate surface area is 161 Å². The van der Waals surface area contributed by atoms with E-state index in [2.05, 4.69) is 10.1 Å². The molecular weight excluding hydrogens is 382 g/mol. The van der Waals surface area contributed by atoms with Crippen LogP contribution in [-0.2, 0) is 16.6 Å². The SMILES string of the molecule is CCN(Cc1nc(-c2cccs2)no1)S(=O)(=O)c1ccc2ccccc2c1. The van der Waals surface area contributed by atoms with Crippen LogP contribution in [0.15, 0.2) is 69.4 Å². The molecule has 2 aromatic heterocycles. The van der Waals surface area contributed by atoms with Gasteiger partial charge >= 0.3 is 0 Å². The maximum Gasteiger partial charge on any atom is 0.243 e. The van der Waals surface area contributed by atoms with Gasteiger partial charge in [0.15, 0.2) is 0 Å². The summed E-state index contributed by atoms with van der Waals surface area (Å²) >= 11 is 1.50. The zero-order valence-electron chi connectivity index (χ0n) is 14.6. The van der Waals surface area contributed by atoms with Crippen molar-refractivity contribution in [2.24, 2.45) is 0 Å². The van der Waals surface area contributed by atoms with E-state index in [0.29, 0.717) is 12.4 Å². The molecule has 4 rings (SSSR count). The highest BCUT2D eigenvalue weighted by Crippen LogP contribution is 2.25. The van der Waals surface area contributed by atoms with Crippen molar-refractivity contribution in [1.82, 2.24) is 14.4 Å². The van der Waals surface area contributed by atoms with E-state index in [1.54, 1.807) is 19.1 Å². The zero-order chi connectivity index (χ0) is 18.9. The van der Waals surface area contributed by atoms with Crippen LogP contribution in [0.1, 0.15) is 12.8 Å². The van der Waals surface area contributed by atoms with E-state index in [9.17, 15) is 8.42 Å². The number of sulfonamides is 1. The Kier molecular flexibility index (Phi) is 4.77. The van der Waals surface area contributed by atoms with E-state index < -0.39 is 10.0 Å². The van der Waals surface area contributed by atoms with Crippen molar-refractivity contribution in [3.8, 4) is 10.7 Å². The molecule has 0 bridgehead atoms. The van der Waals surface area contributed by atoms with Gasteiger partial charge < -0.3 is 4.52 Å². The van der Waals surface area contributed by atoms with Crippen molar-refractivity contribution in [1.29, 1.82) is 0 Å². The van der Waals surface area contributed by atoms with Gasteiger partial charge in [-0.15, -0.1) is 11.3 Å². The lowest BCUT2D eigenvalue weighted by atomic mass is 10.1. The van der Waals surface area contributed by atoms with Crippen molar-refractivity contribution in [2.45, 2.75) is 18.4 Å². The summed E-state index contributed by atoms with van der Waals surface area (Å²) < 4.78 is 32.8. The molecule has 0 spiro atoms. The normalized spacial score (nSPS) is 12.1. The third-order valence-corrected chi connectivity index (χ3v) is 7.02. The average Bonchev–Trinajstić information content (AvgIpc) is 3.37. The van der Waals surface area contributed by atoms with Crippen LogP contribution in [0, 0.1) is 0 Å². The fourth-order valence-electron chi connectivity index (χ4n) is 2.82. The molecule has 0 saturated heterocycles. The maximum absolute atomic E-state index is 13.1. The van der Waals surface area contributed by atoms with Crippen LogP contribution in [0.25, 0.3) is 21.5 Å². The maximum atomic E-state index is 13.1. The van der Waals surface area contributed by atoms with Gasteiger partial charge in [0, 0.05) is 6.54 Å². The Hall–Kier alpha value is -2.55. The summed E-state index contributed by atoms with van der Waals surface area (Å²) in [6.45, 7) is 2.12. The molecule has 0 radical (unpaired) electrons. The molecule has 0 saturated carbocycles. The molecule has 0 atom stereocenters. The van der Waals surface area contributed by atoms with Crippen LogP contribution in [-0.4, -0.2) is 29.4 Å². The third kappa shape index (κ3) is 3.51. The van der Waals surface area contributed by atoms with Gasteiger partial charge in [-0.3, -0.25) is 0 Å². The molecule has 27 heavy (non-hydrogen) atoms. The number of nitrogens with zero attached hydrogens (tertiary/aromatic N) is 3. The molecular formula is C19H17N3O3S2. The summed E-state index contributed by atoms with van der Waals surface area (Å²) in [5.74, 6) is 0.740. The second-order valence-corrected chi connectivity index (χ2v) is 8.81. The summed E-state index contributed by atoms with van der Waals surface area (Å²) in [4.78, 5) is 5.46. The van der Waals surface area contributed by atoms with Crippen molar-refractivity contribution < 1.29 is 12.9 Å². The van der Waals surface area contributed by atoms with E-state index in [0.717, 1.165) is 15.6 Å². The number of benzene rings is 2. The van der Waals surface area contributed by atoms with E-state index in [1.165, 1.54) is 15.6 Å². The second-order valence-electron chi connectivity index (χ2n) is 5.93. The van der Waals surface area contributed by atoms with Crippen LogP contribution in [0.5, 0.6) is 0 Å². The highest BCUT2D eigenvalue weighted by atomic mass is 32.2. The number of hydrogen-bond acceptors (Lipinski definition) is 6. The first kappa shape index (κ1) is 17.8. The molecule has 0 amide bonds. The Bertz CT molecular complexity index is 1170. The standard InChI is InChI=1S/C19H17N3O3S2/c1-2-22(13-18-20-19(21-25-18)17-8-5-11-26-17)27(23,24)16-10-9-14-6-3-4-7-15(14)12-16/h3-12H,2,13H2,1H3. The Morgan fingerprint density at radius 1 is 1.07 bits per heavy atom. The molecule has 2 heterocycles. The molecule has 0 N–H and O–H groups in total. The van der Waals surface area contributed by atoms with Gasteiger partial charge in [-0.1, -0.05) is 48.5 Å². The van der Waals surface area contributed by atoms with E-state index in [-0.39, 0.29) is 17.3 Å². The minimum absolute atomic E-state index is 0.0318. The van der Waals surface area contributed by atoms with Crippen molar-refractivity contribution in [3.05, 3.63) is 65.9 Å². The van der Waals surface area contributed by atoms with Gasteiger partial charge in [-0.2, -0.15) is 9.29 Å². The molecule has 0 unspecified atom stereocenters. The minimum atomic E-state index is -3.68. The average molecular weight is 399 g/mol. The number of rotatable bonds is 6. The predicted molar refractivity (Wildman–Crippen MR) is 105 cm³/mol. The second kappa shape index (κ2) is 7.22. The highest BCUT2D eigenvalue weighted by Gasteiger charge is 2.25. The lowest BCUT2D eigenvalue weighted by Gasteiger charge is -2.18. The fourth-order valence-corrected chi connectivity index (χ4v) is 4.90. The molecule has 2 aromatic carbocycles. The first-order valence-corrected chi connectivity index (χ1v) is 10.8. The highest BCUT2D eigenvalue weighted by molar-refractivity contribution is 7.89. The third-order valence-electron chi connectivity index (χ3n) is 4.23. The van der Waals surface area contributed by atoms with Gasteiger partial charge in [0.05, 0.1) is 16.3 Å². The van der Waals surface area contributed by atoms with E-state index in [4.69, 9.17) is 4.52 Å². The van der Waals surface area contributed by atoms with Gasteiger partial charge in [0.2, 0.25) is 21.7 Å². The molecule has 0 aliphatic heterocycles. The van der Waals surface area contributed by atoms with Crippen LogP contribution < -0.4 is 0 Å². The topological polar surface area (TPSA) is 76.3 Å². The fraction of sp³-hybridized carbons (Fsp3) is 0.158. The molecule has 8 heteroatoms. The van der Waals surface area contributed by atoms with Gasteiger partial charge in [0.25, 0.3) is 0 Å². The first-order chi connectivity index (χ1) is 13.1. The Morgan fingerprint density at radius 3 is 2.63 bits per heavy atom. The summed E-state index contributed by atoms with van der Waals surface area (Å²) in [5, 5.41) is 7.75. The largest absolute Gasteiger partial charge is 0.337 e. The molecule has 138 valence electrons. The predicted octanol–water partition coefficient (Wildman–Crippen LogP) is 4.16. The van der Waals surface area contributed by atoms with Gasteiger partial charge in [-0.05, 0) is 34.4 Å². The van der Waals surface area contributed by atoms with Crippen LogP contribution in [0.2, 0.25) is 0 Å². The van der Waals surface area contributed by atoms with Crippen molar-refractivity contribution in [3.63, 3.8) is 0 Å². The lowest BCUT2D eigenvalue weighted by Crippen LogP contribution is -2.30. The lowest BCUT2D eigenvalue weighted by molar-refractivity contribution is 0.322. The number of fused-ring (bicyclic) bond motifs is 1. The van der Waals surface area contributed by atoms with Gasteiger partial charge in [-0.25, -0.2) is 8.42 Å². The summed E-state index contributed by atoms with van der Waals surface area (Å²) in [7, 11) is -3.68. The molecule has 0 aliphatic rings. The summed E-state index contributed by atoms with van der Waals surface area (Å²) in [5.41, 5.74) is 0. The van der Waals surface area contributed by atoms with E-state index in [1.807, 2.05) is 47.8 Å². The van der Waals surface area contributed by atoms with Crippen LogP contribution in [0.4, 0.5) is 0 Å². The smallest absolute Gasteiger partial charge is 0.243 e. The van der Waals surface area contributed by atoms with Crippen LogP contribution >= 0.6 is 11.3 Å². The number of aromatic nitrogens is 2. The Balaban J connectivity index is 1.62. The van der Waals surface area contributed by atoms with Gasteiger partial charge in [0.1, 0.15) is 0 Å². The van der Waals surface area contributed by atoms with Crippen molar-refractivity contribution in [2.75, 3.05) is 6.54 Å². The van der Waals surface area contributed by atoms with Crippen molar-refractivity contribution >= 4 is 32.1 Å². The zero-order valence-corrected chi connectivity index (χ0v) is 16.2. The summed E-state index contributed by atoms with van der Waals surface area (Å²) in [6, 6.07) is 16.6. The number of thiophene rings is 1. The number of hydrogen-bond donors (Lipinski definition) is 0. The first-order valence-electron chi connectivity index (χ1n) is 8.43. The minimum Gasteiger partial charge on any atom is -0.337 e. The van der Waals surface area contributed by atoms with Crippen LogP contribution in [0.3, 0.4) is 0 Å². The molecule has 6 nitrogen and oxygen atoms in total. The molecule has 0 fully saturated rings. The Morgan fingerprint density at radius 2 is 1.89 bits per heavy atom. The quantitative estimate of drug-likeness (QED) is 0.486.